The fourth-order valence-electron chi connectivity index (χ4n) is 3.22. The summed E-state index contributed by atoms with van der Waals surface area (Å²) < 4.78 is 1.81. The van der Waals surface area contributed by atoms with Crippen molar-refractivity contribution in [1.29, 1.82) is 0 Å². The van der Waals surface area contributed by atoms with Crippen molar-refractivity contribution in [3.8, 4) is 11.3 Å². The van der Waals surface area contributed by atoms with Crippen LogP contribution in [0.2, 0.25) is 0 Å². The number of hydrogen-bond donors (Lipinski definition) is 2. The third kappa shape index (κ3) is 3.20. The van der Waals surface area contributed by atoms with Crippen molar-refractivity contribution in [3.05, 3.63) is 48.2 Å². The van der Waals surface area contributed by atoms with Gasteiger partial charge in [-0.2, -0.15) is 5.10 Å². The molecule has 2 heterocycles. The molecule has 1 aromatic carbocycles. The van der Waals surface area contributed by atoms with E-state index in [1.165, 1.54) is 0 Å². The zero-order chi connectivity index (χ0) is 18.1. The van der Waals surface area contributed by atoms with E-state index in [4.69, 9.17) is 10.7 Å². The maximum atomic E-state index is 12.9. The molecular formula is C20H23N5O. The lowest BCUT2D eigenvalue weighted by molar-refractivity contribution is 0.0952. The van der Waals surface area contributed by atoms with Crippen LogP contribution in [-0.2, 0) is 6.54 Å². The van der Waals surface area contributed by atoms with Crippen LogP contribution in [0.15, 0.2) is 42.6 Å². The maximum absolute atomic E-state index is 12.9. The smallest absolute Gasteiger partial charge is 0.252 e. The Balaban J connectivity index is 1.71. The number of amides is 1. The van der Waals surface area contributed by atoms with E-state index in [0.717, 1.165) is 35.1 Å². The van der Waals surface area contributed by atoms with E-state index in [-0.39, 0.29) is 11.9 Å². The molecule has 1 fully saturated rings. The van der Waals surface area contributed by atoms with Crippen LogP contribution in [0, 0.1) is 5.92 Å². The third-order valence-electron chi connectivity index (χ3n) is 4.95. The summed E-state index contributed by atoms with van der Waals surface area (Å²) in [5, 5.41) is 8.13. The molecule has 3 aromatic rings. The number of hydrogen-bond acceptors (Lipinski definition) is 4. The number of carbonyl (C=O) groups excluding carboxylic acids is 1. The predicted molar refractivity (Wildman–Crippen MR) is 102 cm³/mol. The van der Waals surface area contributed by atoms with Crippen LogP contribution in [0.3, 0.4) is 0 Å². The van der Waals surface area contributed by atoms with Gasteiger partial charge >= 0.3 is 0 Å². The van der Waals surface area contributed by atoms with Gasteiger partial charge in [0.1, 0.15) is 0 Å². The first kappa shape index (κ1) is 16.7. The highest BCUT2D eigenvalue weighted by atomic mass is 16.1. The average Bonchev–Trinajstić information content (AvgIpc) is 3.45. The van der Waals surface area contributed by atoms with Crippen molar-refractivity contribution >= 4 is 16.9 Å². The normalized spacial score (nSPS) is 15.2. The molecule has 1 amide bonds. The van der Waals surface area contributed by atoms with Crippen molar-refractivity contribution in [2.24, 2.45) is 11.7 Å². The van der Waals surface area contributed by atoms with Gasteiger partial charge in [0.05, 0.1) is 22.8 Å². The van der Waals surface area contributed by atoms with Gasteiger partial charge in [-0.05, 0) is 31.7 Å². The summed E-state index contributed by atoms with van der Waals surface area (Å²) in [6.07, 6.45) is 4.05. The minimum absolute atomic E-state index is 0.0308. The topological polar surface area (TPSA) is 85.8 Å². The summed E-state index contributed by atoms with van der Waals surface area (Å²) in [5.41, 5.74) is 9.18. The number of nitrogens with one attached hydrogen (secondary N) is 1. The predicted octanol–water partition coefficient (Wildman–Crippen LogP) is 2.59. The molecule has 6 heteroatoms. The van der Waals surface area contributed by atoms with Crippen LogP contribution >= 0.6 is 0 Å². The molecule has 1 aliphatic rings. The summed E-state index contributed by atoms with van der Waals surface area (Å²) in [7, 11) is 0. The number of nitrogens with zero attached hydrogens (tertiary/aromatic N) is 3. The number of nitrogens with two attached hydrogens (primary N) is 1. The van der Waals surface area contributed by atoms with Crippen molar-refractivity contribution in [3.63, 3.8) is 0 Å². The summed E-state index contributed by atoms with van der Waals surface area (Å²) >= 11 is 0. The first-order chi connectivity index (χ1) is 12.7. The van der Waals surface area contributed by atoms with Gasteiger partial charge < -0.3 is 11.1 Å². The van der Waals surface area contributed by atoms with Crippen molar-refractivity contribution in [2.75, 3.05) is 6.54 Å². The highest BCUT2D eigenvalue weighted by Crippen LogP contribution is 2.31. The lowest BCUT2D eigenvalue weighted by Gasteiger charge is -2.13. The second-order valence-electron chi connectivity index (χ2n) is 6.83. The first-order valence-electron chi connectivity index (χ1n) is 9.13. The van der Waals surface area contributed by atoms with E-state index in [9.17, 15) is 4.79 Å². The van der Waals surface area contributed by atoms with Crippen molar-refractivity contribution in [1.82, 2.24) is 20.1 Å². The second-order valence-corrected chi connectivity index (χ2v) is 6.83. The Bertz CT molecular complexity index is 930. The highest BCUT2D eigenvalue weighted by Gasteiger charge is 2.28. The standard InChI is InChI=1S/C20H23N5O/c1-2-25-19-16(11-23-25)15(20(26)22-12-17(21)13-8-9-13)10-18(24-19)14-6-4-3-5-7-14/h3-7,10-11,13,17H,2,8-9,12,21H2,1H3,(H,22,26). The molecule has 0 bridgehead atoms. The largest absolute Gasteiger partial charge is 0.350 e. The van der Waals surface area contributed by atoms with E-state index in [1.54, 1.807) is 6.20 Å². The Hall–Kier alpha value is -2.73. The Labute approximate surface area is 152 Å². The number of fused-ring (bicyclic) bond motifs is 1. The van der Waals surface area contributed by atoms with E-state index in [0.29, 0.717) is 24.6 Å². The van der Waals surface area contributed by atoms with Gasteiger partial charge in [-0.15, -0.1) is 0 Å². The molecule has 26 heavy (non-hydrogen) atoms. The number of pyridine rings is 1. The summed E-state index contributed by atoms with van der Waals surface area (Å²) in [6, 6.07) is 11.8. The monoisotopic (exact) mass is 349 g/mol. The molecule has 1 saturated carbocycles. The molecule has 1 aliphatic carbocycles. The molecule has 6 nitrogen and oxygen atoms in total. The van der Waals surface area contributed by atoms with Crippen LogP contribution in [0.4, 0.5) is 0 Å². The minimum atomic E-state index is -0.124. The lowest BCUT2D eigenvalue weighted by atomic mass is 10.1. The van der Waals surface area contributed by atoms with Gasteiger partial charge in [-0.1, -0.05) is 30.3 Å². The van der Waals surface area contributed by atoms with E-state index >= 15 is 0 Å². The van der Waals surface area contributed by atoms with Crippen LogP contribution in [0.25, 0.3) is 22.3 Å². The summed E-state index contributed by atoms with van der Waals surface area (Å²) in [5.74, 6) is 0.428. The van der Waals surface area contributed by atoms with Crippen LogP contribution in [0.1, 0.15) is 30.1 Å². The highest BCUT2D eigenvalue weighted by molar-refractivity contribution is 6.06. The molecule has 2 aromatic heterocycles. The third-order valence-corrected chi connectivity index (χ3v) is 4.95. The molecule has 1 unspecified atom stereocenters. The van der Waals surface area contributed by atoms with E-state index in [2.05, 4.69) is 10.4 Å². The Kier molecular flexibility index (Phi) is 4.42. The number of carbonyl (C=O) groups is 1. The Morgan fingerprint density at radius 1 is 1.35 bits per heavy atom. The SMILES string of the molecule is CCn1ncc2c(C(=O)NCC(N)C3CC3)cc(-c3ccccc3)nc21. The second kappa shape index (κ2) is 6.88. The minimum Gasteiger partial charge on any atom is -0.350 e. The molecule has 0 saturated heterocycles. The molecule has 134 valence electrons. The van der Waals surface area contributed by atoms with E-state index in [1.807, 2.05) is 48.0 Å². The van der Waals surface area contributed by atoms with Crippen LogP contribution in [0.5, 0.6) is 0 Å². The molecule has 0 radical (unpaired) electrons. The van der Waals surface area contributed by atoms with Crippen LogP contribution in [-0.4, -0.2) is 33.3 Å². The zero-order valence-corrected chi connectivity index (χ0v) is 14.9. The number of rotatable bonds is 6. The van der Waals surface area contributed by atoms with Gasteiger partial charge in [-0.25, -0.2) is 9.67 Å². The van der Waals surface area contributed by atoms with Gasteiger partial charge in [0, 0.05) is 24.7 Å². The number of aryl methyl sites for hydroxylation is 1. The van der Waals surface area contributed by atoms with Gasteiger partial charge in [0.25, 0.3) is 5.91 Å². The number of benzene rings is 1. The number of aromatic nitrogens is 3. The summed E-state index contributed by atoms with van der Waals surface area (Å²) in [4.78, 5) is 17.6. The fraction of sp³-hybridized carbons (Fsp3) is 0.350. The zero-order valence-electron chi connectivity index (χ0n) is 14.9. The Morgan fingerprint density at radius 3 is 2.81 bits per heavy atom. The molecule has 0 spiro atoms. The van der Waals surface area contributed by atoms with Crippen molar-refractivity contribution in [2.45, 2.75) is 32.4 Å². The lowest BCUT2D eigenvalue weighted by Crippen LogP contribution is -2.38. The van der Waals surface area contributed by atoms with E-state index < -0.39 is 0 Å². The Morgan fingerprint density at radius 2 is 2.12 bits per heavy atom. The van der Waals surface area contributed by atoms with Crippen molar-refractivity contribution < 1.29 is 4.79 Å². The molecule has 0 aliphatic heterocycles. The summed E-state index contributed by atoms with van der Waals surface area (Å²) in [6.45, 7) is 3.20. The quantitative estimate of drug-likeness (QED) is 0.716. The van der Waals surface area contributed by atoms with Gasteiger partial charge in [-0.3, -0.25) is 4.79 Å². The molecule has 3 N–H and O–H groups in total. The van der Waals surface area contributed by atoms with Crippen LogP contribution < -0.4 is 11.1 Å². The average molecular weight is 349 g/mol. The molecule has 4 rings (SSSR count). The first-order valence-corrected chi connectivity index (χ1v) is 9.13. The maximum Gasteiger partial charge on any atom is 0.252 e. The molecule has 1 atom stereocenters. The van der Waals surface area contributed by atoms with Gasteiger partial charge in [0.15, 0.2) is 5.65 Å². The molecular weight excluding hydrogens is 326 g/mol. The fourth-order valence-corrected chi connectivity index (χ4v) is 3.22. The van der Waals surface area contributed by atoms with Gasteiger partial charge in [0.2, 0.25) is 0 Å².